The molecular weight excluding hydrogens is 471 g/mol. The molecule has 4 heterocycles. The van der Waals surface area contributed by atoms with Crippen molar-refractivity contribution >= 4 is 34.0 Å². The maximum atomic E-state index is 14.7. The van der Waals surface area contributed by atoms with E-state index in [1.807, 2.05) is 11.0 Å². The minimum Gasteiger partial charge on any atom is -0.339 e. The van der Waals surface area contributed by atoms with Crippen LogP contribution in [0.25, 0.3) is 22.3 Å². The van der Waals surface area contributed by atoms with Crippen LogP contribution in [0.3, 0.4) is 0 Å². The lowest BCUT2D eigenvalue weighted by Crippen LogP contribution is -2.42. The number of fused-ring (bicyclic) bond motifs is 3. The zero-order valence-corrected chi connectivity index (χ0v) is 19.8. The first-order chi connectivity index (χ1) is 17.2. The maximum Gasteiger partial charge on any atom is 0.266 e. The van der Waals surface area contributed by atoms with Gasteiger partial charge in [-0.25, -0.2) is 23.1 Å². The number of nitrogens with one attached hydrogen (secondary N) is 1. The third-order valence-electron chi connectivity index (χ3n) is 6.97. The van der Waals surface area contributed by atoms with Gasteiger partial charge in [0.05, 0.1) is 17.0 Å². The van der Waals surface area contributed by atoms with E-state index in [0.29, 0.717) is 23.0 Å². The summed E-state index contributed by atoms with van der Waals surface area (Å²) >= 11 is 0. The van der Waals surface area contributed by atoms with Gasteiger partial charge in [-0.05, 0) is 37.0 Å². The number of benzene rings is 1. The van der Waals surface area contributed by atoms with Gasteiger partial charge in [0.2, 0.25) is 5.91 Å². The van der Waals surface area contributed by atoms with Crippen molar-refractivity contribution in [1.29, 1.82) is 0 Å². The van der Waals surface area contributed by atoms with Crippen LogP contribution in [-0.2, 0) is 11.8 Å². The molecule has 2 aliphatic heterocycles. The lowest BCUT2D eigenvalue weighted by atomic mass is 9.94. The van der Waals surface area contributed by atoms with Crippen LogP contribution in [0.15, 0.2) is 48.0 Å². The van der Waals surface area contributed by atoms with Crippen molar-refractivity contribution in [2.45, 2.75) is 44.7 Å². The molecule has 0 radical (unpaired) electrons. The largest absolute Gasteiger partial charge is 0.339 e. The first kappa shape index (κ1) is 23.8. The van der Waals surface area contributed by atoms with Crippen LogP contribution in [0.2, 0.25) is 0 Å². The van der Waals surface area contributed by atoms with E-state index >= 15 is 0 Å². The molecule has 7 nitrogen and oxygen atoms in total. The van der Waals surface area contributed by atoms with Crippen molar-refractivity contribution in [2.75, 3.05) is 5.32 Å². The van der Waals surface area contributed by atoms with Crippen LogP contribution in [0.4, 0.5) is 19.0 Å². The molecule has 36 heavy (non-hydrogen) atoms. The molecule has 0 saturated carbocycles. The Kier molecular flexibility index (Phi) is 5.89. The van der Waals surface area contributed by atoms with Gasteiger partial charge in [0.1, 0.15) is 23.6 Å². The number of aryl methyl sites for hydroxylation is 1. The van der Waals surface area contributed by atoms with Gasteiger partial charge in [0.15, 0.2) is 0 Å². The van der Waals surface area contributed by atoms with E-state index in [4.69, 9.17) is 0 Å². The second-order valence-electron chi connectivity index (χ2n) is 9.12. The third kappa shape index (κ3) is 3.86. The van der Waals surface area contributed by atoms with Gasteiger partial charge < -0.3 is 10.2 Å². The molecule has 2 atom stereocenters. The molecule has 2 bridgehead atoms. The van der Waals surface area contributed by atoms with Gasteiger partial charge in [0.25, 0.3) is 12.0 Å². The summed E-state index contributed by atoms with van der Waals surface area (Å²) in [5, 5.41) is 3.41. The molecule has 1 amide bonds. The summed E-state index contributed by atoms with van der Waals surface area (Å²) in [5.41, 5.74) is 0.652. The number of aromatic nitrogens is 3. The zero-order valence-electron chi connectivity index (χ0n) is 19.8. The number of alkyl halides is 2. The topological polar surface area (TPSA) is 80.1 Å². The molecule has 2 aliphatic rings. The molecule has 1 fully saturated rings. The Hall–Kier alpha value is -3.95. The number of carbonyl (C=O) groups excluding carboxylic acids is 1. The van der Waals surface area contributed by atoms with Gasteiger partial charge in [-0.15, -0.1) is 0 Å². The Balaban J connectivity index is 1.56. The van der Waals surface area contributed by atoms with Crippen LogP contribution >= 0.6 is 0 Å². The predicted octanol–water partition coefficient (Wildman–Crippen LogP) is 4.65. The molecule has 1 aromatic carbocycles. The fraction of sp³-hybridized carbons (Fsp3) is 0.308. The summed E-state index contributed by atoms with van der Waals surface area (Å²) in [6, 6.07) is 5.39. The molecule has 5 rings (SSSR count). The second kappa shape index (κ2) is 8.92. The van der Waals surface area contributed by atoms with Crippen LogP contribution < -0.4 is 10.9 Å². The van der Waals surface area contributed by atoms with Crippen LogP contribution in [0.5, 0.6) is 0 Å². The van der Waals surface area contributed by atoms with Gasteiger partial charge >= 0.3 is 0 Å². The molecule has 2 unspecified atom stereocenters. The van der Waals surface area contributed by atoms with E-state index in [1.54, 1.807) is 20.0 Å². The Morgan fingerprint density at radius 2 is 2.03 bits per heavy atom. The van der Waals surface area contributed by atoms with Crippen molar-refractivity contribution in [3.8, 4) is 0 Å². The van der Waals surface area contributed by atoms with E-state index in [-0.39, 0.29) is 40.6 Å². The molecule has 0 spiro atoms. The van der Waals surface area contributed by atoms with E-state index in [1.165, 1.54) is 23.0 Å². The van der Waals surface area contributed by atoms with Crippen molar-refractivity contribution in [3.63, 3.8) is 0 Å². The van der Waals surface area contributed by atoms with E-state index < -0.39 is 17.8 Å². The SMILES string of the molecule is C=C(Nc1ncnc2c1cc(C1=CC3CCC(C1)N3C(C)=O)c(=O)n2C)c1cccc(C(F)F)c1F. The van der Waals surface area contributed by atoms with Crippen LogP contribution in [0, 0.1) is 5.82 Å². The maximum absolute atomic E-state index is 14.7. The van der Waals surface area contributed by atoms with Gasteiger partial charge in [-0.3, -0.25) is 14.2 Å². The van der Waals surface area contributed by atoms with Gasteiger partial charge in [0, 0.05) is 36.8 Å². The third-order valence-corrected chi connectivity index (χ3v) is 6.97. The van der Waals surface area contributed by atoms with Crippen molar-refractivity contribution in [2.24, 2.45) is 7.05 Å². The number of rotatable bonds is 5. The van der Waals surface area contributed by atoms with Crippen molar-refractivity contribution in [3.05, 3.63) is 76.1 Å². The highest BCUT2D eigenvalue weighted by atomic mass is 19.3. The number of halogens is 3. The molecule has 10 heteroatoms. The van der Waals surface area contributed by atoms with E-state index in [0.717, 1.165) is 24.5 Å². The molecule has 1 N–H and O–H groups in total. The Bertz CT molecular complexity index is 1500. The quantitative estimate of drug-likeness (QED) is 0.557. The van der Waals surface area contributed by atoms with Crippen molar-refractivity contribution < 1.29 is 18.0 Å². The Morgan fingerprint density at radius 3 is 2.72 bits per heavy atom. The summed E-state index contributed by atoms with van der Waals surface area (Å²) in [4.78, 5) is 35.7. The number of hydrogen-bond donors (Lipinski definition) is 1. The summed E-state index contributed by atoms with van der Waals surface area (Å²) in [7, 11) is 1.60. The van der Waals surface area contributed by atoms with Gasteiger partial charge in [-0.1, -0.05) is 24.8 Å². The molecule has 3 aromatic rings. The highest BCUT2D eigenvalue weighted by Gasteiger charge is 2.38. The lowest BCUT2D eigenvalue weighted by molar-refractivity contribution is -0.131. The number of carbonyl (C=O) groups is 1. The molecule has 2 aromatic heterocycles. The van der Waals surface area contributed by atoms with Crippen molar-refractivity contribution in [1.82, 2.24) is 19.4 Å². The fourth-order valence-electron chi connectivity index (χ4n) is 5.28. The molecule has 1 saturated heterocycles. The summed E-state index contributed by atoms with van der Waals surface area (Å²) in [6.45, 7) is 5.38. The van der Waals surface area contributed by atoms with E-state index in [2.05, 4.69) is 21.9 Å². The summed E-state index contributed by atoms with van der Waals surface area (Å²) in [5.74, 6) is -0.784. The predicted molar refractivity (Wildman–Crippen MR) is 131 cm³/mol. The minimum atomic E-state index is -2.97. The highest BCUT2D eigenvalue weighted by Crippen LogP contribution is 2.38. The normalized spacial score (nSPS) is 19.1. The standard InChI is InChI=1S/C26H24F3N5O2/c1-13(18-5-4-6-19(22(18)27)23(28)29)32-24-21-11-20(26(36)33(3)25(21)31-12-30-24)15-9-16-7-8-17(10-15)34(16)14(2)35/h4-6,9,11-12,16-17,23H,1,7-8,10H2,2-3H3,(H,30,31,32). The highest BCUT2D eigenvalue weighted by molar-refractivity contribution is 5.93. The first-order valence-corrected chi connectivity index (χ1v) is 11.5. The zero-order chi connectivity index (χ0) is 25.7. The Morgan fingerprint density at radius 1 is 1.25 bits per heavy atom. The summed E-state index contributed by atoms with van der Waals surface area (Å²) in [6.07, 6.45) is 2.55. The number of hydrogen-bond acceptors (Lipinski definition) is 5. The average molecular weight is 496 g/mol. The lowest BCUT2D eigenvalue weighted by Gasteiger charge is -2.33. The first-order valence-electron chi connectivity index (χ1n) is 11.5. The minimum absolute atomic E-state index is 0.0192. The number of amides is 1. The van der Waals surface area contributed by atoms with Crippen LogP contribution in [-0.4, -0.2) is 37.4 Å². The summed E-state index contributed by atoms with van der Waals surface area (Å²) < 4.78 is 42.4. The smallest absolute Gasteiger partial charge is 0.266 e. The molecular formula is C26H24F3N5O2. The van der Waals surface area contributed by atoms with E-state index in [9.17, 15) is 22.8 Å². The number of pyridine rings is 1. The number of nitrogens with zero attached hydrogens (tertiary/aromatic N) is 4. The number of anilines is 1. The Labute approximate surface area is 205 Å². The van der Waals surface area contributed by atoms with Crippen LogP contribution in [0.1, 0.15) is 49.3 Å². The molecule has 186 valence electrons. The molecule has 0 aliphatic carbocycles. The average Bonchev–Trinajstić information content (AvgIpc) is 3.11. The fourth-order valence-corrected chi connectivity index (χ4v) is 5.28. The van der Waals surface area contributed by atoms with Gasteiger partial charge in [-0.2, -0.15) is 0 Å². The monoisotopic (exact) mass is 495 g/mol. The second-order valence-corrected chi connectivity index (χ2v) is 9.12.